The molecule has 4 aromatic rings. The van der Waals surface area contributed by atoms with Crippen LogP contribution in [-0.2, 0) is 0 Å². The van der Waals surface area contributed by atoms with Gasteiger partial charge in [0.25, 0.3) is 5.91 Å². The van der Waals surface area contributed by atoms with E-state index in [9.17, 15) is 4.79 Å². The molecule has 1 aliphatic heterocycles. The Morgan fingerprint density at radius 1 is 1.03 bits per heavy atom. The summed E-state index contributed by atoms with van der Waals surface area (Å²) in [5.74, 6) is 0.936. The van der Waals surface area contributed by atoms with Crippen LogP contribution < -0.4 is 0 Å². The molecule has 0 spiro atoms. The number of nitrogens with zero attached hydrogens (tertiary/aromatic N) is 6. The van der Waals surface area contributed by atoms with E-state index in [4.69, 9.17) is 4.52 Å². The molecule has 0 N–H and O–H groups in total. The van der Waals surface area contributed by atoms with Crippen molar-refractivity contribution in [3.05, 3.63) is 76.9 Å². The number of benzene rings is 2. The van der Waals surface area contributed by atoms with Gasteiger partial charge >= 0.3 is 0 Å². The number of hydrogen-bond acceptors (Lipinski definition) is 6. The molecule has 0 saturated carbocycles. The van der Waals surface area contributed by atoms with Gasteiger partial charge < -0.3 is 9.42 Å². The Hall–Kier alpha value is -3.81. The van der Waals surface area contributed by atoms with Crippen LogP contribution in [0.4, 0.5) is 0 Å². The lowest BCUT2D eigenvalue weighted by molar-refractivity contribution is 0.0709. The van der Waals surface area contributed by atoms with E-state index in [1.165, 1.54) is 4.80 Å². The van der Waals surface area contributed by atoms with Crippen LogP contribution in [0.1, 0.15) is 51.8 Å². The van der Waals surface area contributed by atoms with Gasteiger partial charge in [0.05, 0.1) is 23.6 Å². The molecule has 1 saturated heterocycles. The Balaban J connectivity index is 1.48. The smallest absolute Gasteiger partial charge is 0.256 e. The van der Waals surface area contributed by atoms with E-state index >= 15 is 0 Å². The van der Waals surface area contributed by atoms with Gasteiger partial charge in [-0.2, -0.15) is 20.0 Å². The molecular weight excluding hydrogens is 404 g/mol. The summed E-state index contributed by atoms with van der Waals surface area (Å²) in [6.07, 6.45) is 4.85. The number of likely N-dealkylation sites (tertiary alicyclic amines) is 1. The van der Waals surface area contributed by atoms with Crippen LogP contribution in [0.2, 0.25) is 0 Å². The number of rotatable bonds is 4. The number of amides is 1. The van der Waals surface area contributed by atoms with Gasteiger partial charge in [-0.25, -0.2) is 0 Å². The number of carbonyl (C=O) groups excluding carboxylic acids is 1. The SMILES string of the molecule is Cc1ccc(-n2nccn2)c(C(=O)N2CCCC2c2nc(-c3cc(C)ccc3C)no2)c1. The molecule has 0 aliphatic carbocycles. The van der Waals surface area contributed by atoms with Gasteiger partial charge in [-0.15, -0.1) is 0 Å². The van der Waals surface area contributed by atoms with Crippen molar-refractivity contribution in [1.82, 2.24) is 30.0 Å². The lowest BCUT2D eigenvalue weighted by Crippen LogP contribution is -2.31. The molecule has 1 aliphatic rings. The summed E-state index contributed by atoms with van der Waals surface area (Å²) in [4.78, 5) is 21.6. The maximum atomic E-state index is 13.6. The van der Waals surface area contributed by atoms with Crippen molar-refractivity contribution < 1.29 is 9.32 Å². The number of aromatic nitrogens is 5. The normalized spacial score (nSPS) is 16.0. The minimum absolute atomic E-state index is 0.0880. The predicted molar refractivity (Wildman–Crippen MR) is 118 cm³/mol. The summed E-state index contributed by atoms with van der Waals surface area (Å²) in [7, 11) is 0. The molecule has 5 rings (SSSR count). The quantitative estimate of drug-likeness (QED) is 0.483. The van der Waals surface area contributed by atoms with Crippen molar-refractivity contribution in [1.29, 1.82) is 0 Å². The Bertz CT molecular complexity index is 1280. The Morgan fingerprint density at radius 3 is 2.59 bits per heavy atom. The van der Waals surface area contributed by atoms with E-state index in [2.05, 4.69) is 38.5 Å². The molecule has 2 aromatic carbocycles. The van der Waals surface area contributed by atoms with Crippen LogP contribution in [0.3, 0.4) is 0 Å². The highest BCUT2D eigenvalue weighted by atomic mass is 16.5. The lowest BCUT2D eigenvalue weighted by Gasteiger charge is -2.23. The van der Waals surface area contributed by atoms with Crippen LogP contribution in [0.15, 0.2) is 53.3 Å². The third kappa shape index (κ3) is 3.57. The summed E-state index contributed by atoms with van der Waals surface area (Å²) in [6.45, 7) is 6.66. The minimum Gasteiger partial charge on any atom is -0.337 e. The van der Waals surface area contributed by atoms with Gasteiger partial charge in [-0.1, -0.05) is 34.5 Å². The first kappa shape index (κ1) is 20.1. The topological polar surface area (TPSA) is 89.9 Å². The average Bonchev–Trinajstić information content (AvgIpc) is 3.55. The van der Waals surface area contributed by atoms with Crippen molar-refractivity contribution in [2.75, 3.05) is 6.54 Å². The van der Waals surface area contributed by atoms with Crippen LogP contribution in [0, 0.1) is 20.8 Å². The van der Waals surface area contributed by atoms with Gasteiger partial charge in [0.1, 0.15) is 6.04 Å². The zero-order chi connectivity index (χ0) is 22.2. The summed E-state index contributed by atoms with van der Waals surface area (Å²) < 4.78 is 5.66. The van der Waals surface area contributed by atoms with E-state index in [1.54, 1.807) is 12.4 Å². The largest absolute Gasteiger partial charge is 0.337 e. The van der Waals surface area contributed by atoms with E-state index in [-0.39, 0.29) is 11.9 Å². The molecule has 1 atom stereocenters. The monoisotopic (exact) mass is 428 g/mol. The lowest BCUT2D eigenvalue weighted by atomic mass is 10.1. The van der Waals surface area contributed by atoms with Gasteiger partial charge in [-0.05, 0) is 57.4 Å². The molecule has 8 nitrogen and oxygen atoms in total. The maximum absolute atomic E-state index is 13.6. The van der Waals surface area contributed by atoms with Crippen molar-refractivity contribution in [3.8, 4) is 17.1 Å². The summed E-state index contributed by atoms with van der Waals surface area (Å²) in [6, 6.07) is 11.6. The zero-order valence-electron chi connectivity index (χ0n) is 18.3. The van der Waals surface area contributed by atoms with Crippen LogP contribution >= 0.6 is 0 Å². The van der Waals surface area contributed by atoms with E-state index in [1.807, 2.05) is 43.9 Å². The second-order valence-corrected chi connectivity index (χ2v) is 8.27. The first-order valence-corrected chi connectivity index (χ1v) is 10.7. The summed E-state index contributed by atoms with van der Waals surface area (Å²) >= 11 is 0. The number of carbonyl (C=O) groups is 1. The summed E-state index contributed by atoms with van der Waals surface area (Å²) in [5, 5.41) is 12.6. The molecule has 3 heterocycles. The van der Waals surface area contributed by atoms with Gasteiger partial charge in [0, 0.05) is 12.1 Å². The Kier molecular flexibility index (Phi) is 5.05. The summed E-state index contributed by atoms with van der Waals surface area (Å²) in [5.41, 5.74) is 5.36. The Labute approximate surface area is 185 Å². The molecular formula is C24H24N6O2. The maximum Gasteiger partial charge on any atom is 0.256 e. The van der Waals surface area contributed by atoms with E-state index < -0.39 is 0 Å². The first-order valence-electron chi connectivity index (χ1n) is 10.7. The van der Waals surface area contributed by atoms with E-state index in [0.29, 0.717) is 29.5 Å². The minimum atomic E-state index is -0.257. The standard InChI is InChI=1S/C24H24N6O2/c1-15-6-8-17(3)18(13-15)22-27-23(32-28-22)21-5-4-12-29(21)24(31)19-14-16(2)7-9-20(19)30-25-10-11-26-30/h6-11,13-14,21H,4-5,12H2,1-3H3. The number of aryl methyl sites for hydroxylation is 3. The van der Waals surface area contributed by atoms with Crippen molar-refractivity contribution in [2.45, 2.75) is 39.7 Å². The van der Waals surface area contributed by atoms with Crippen molar-refractivity contribution in [2.24, 2.45) is 0 Å². The molecule has 1 unspecified atom stereocenters. The fourth-order valence-corrected chi connectivity index (χ4v) is 4.21. The molecule has 8 heteroatoms. The second kappa shape index (κ2) is 8.03. The van der Waals surface area contributed by atoms with Crippen LogP contribution in [0.5, 0.6) is 0 Å². The second-order valence-electron chi connectivity index (χ2n) is 8.27. The molecule has 162 valence electrons. The van der Waals surface area contributed by atoms with E-state index in [0.717, 1.165) is 35.1 Å². The average molecular weight is 428 g/mol. The number of hydrogen-bond donors (Lipinski definition) is 0. The van der Waals surface area contributed by atoms with Gasteiger partial charge in [0.15, 0.2) is 0 Å². The van der Waals surface area contributed by atoms with Crippen molar-refractivity contribution in [3.63, 3.8) is 0 Å². The van der Waals surface area contributed by atoms with Crippen LogP contribution in [-0.4, -0.2) is 42.5 Å². The molecule has 0 bridgehead atoms. The molecule has 1 fully saturated rings. The third-order valence-corrected chi connectivity index (χ3v) is 5.89. The fraction of sp³-hybridized carbons (Fsp3) is 0.292. The Morgan fingerprint density at radius 2 is 1.78 bits per heavy atom. The zero-order valence-corrected chi connectivity index (χ0v) is 18.3. The predicted octanol–water partition coefficient (Wildman–Crippen LogP) is 4.22. The first-order chi connectivity index (χ1) is 15.5. The van der Waals surface area contributed by atoms with Crippen molar-refractivity contribution >= 4 is 5.91 Å². The highest BCUT2D eigenvalue weighted by Gasteiger charge is 2.36. The highest BCUT2D eigenvalue weighted by Crippen LogP contribution is 2.34. The third-order valence-electron chi connectivity index (χ3n) is 5.89. The van der Waals surface area contributed by atoms with Gasteiger partial charge in [-0.3, -0.25) is 4.79 Å². The molecule has 1 amide bonds. The van der Waals surface area contributed by atoms with Gasteiger partial charge in [0.2, 0.25) is 11.7 Å². The molecule has 32 heavy (non-hydrogen) atoms. The fourth-order valence-electron chi connectivity index (χ4n) is 4.21. The molecule has 0 radical (unpaired) electrons. The van der Waals surface area contributed by atoms with Crippen LogP contribution in [0.25, 0.3) is 17.1 Å². The molecule has 2 aromatic heterocycles. The highest BCUT2D eigenvalue weighted by molar-refractivity contribution is 5.98.